The summed E-state index contributed by atoms with van der Waals surface area (Å²) >= 11 is 1.40. The lowest BCUT2D eigenvalue weighted by Gasteiger charge is -2.38. The Hall–Kier alpha value is -3.97. The van der Waals surface area contributed by atoms with Crippen LogP contribution in [0.2, 0.25) is 0 Å². The van der Waals surface area contributed by atoms with Crippen LogP contribution in [-0.2, 0) is 17.8 Å². The molecule has 3 aromatic carbocycles. The van der Waals surface area contributed by atoms with E-state index in [1.54, 1.807) is 5.38 Å². The van der Waals surface area contributed by atoms with E-state index < -0.39 is 0 Å². The third kappa shape index (κ3) is 5.59. The summed E-state index contributed by atoms with van der Waals surface area (Å²) in [5.41, 5.74) is 6.93. The second-order valence-electron chi connectivity index (χ2n) is 10.5. The summed E-state index contributed by atoms with van der Waals surface area (Å²) in [6.07, 6.45) is 2.82. The molecule has 6 rings (SSSR count). The number of anilines is 1. The highest BCUT2D eigenvalue weighted by atomic mass is 32.1. The fourth-order valence-corrected chi connectivity index (χ4v) is 5.74. The molecule has 0 spiro atoms. The van der Waals surface area contributed by atoms with E-state index in [0.717, 1.165) is 58.9 Å². The first kappa shape index (κ1) is 25.3. The van der Waals surface area contributed by atoms with Crippen molar-refractivity contribution in [3.05, 3.63) is 111 Å². The number of thiazole rings is 1. The molecule has 0 bridgehead atoms. The number of fused-ring (bicyclic) bond motifs is 1. The van der Waals surface area contributed by atoms with Crippen LogP contribution >= 0.6 is 11.3 Å². The van der Waals surface area contributed by atoms with Crippen molar-refractivity contribution in [3.63, 3.8) is 0 Å². The summed E-state index contributed by atoms with van der Waals surface area (Å²) in [6.45, 7) is 5.08. The normalized spacial score (nSPS) is 16.5. The molecule has 1 fully saturated rings. The van der Waals surface area contributed by atoms with Gasteiger partial charge < -0.3 is 15.0 Å². The summed E-state index contributed by atoms with van der Waals surface area (Å²) < 4.78 is 6.15. The molecule has 1 aliphatic heterocycles. The highest BCUT2D eigenvalue weighted by Gasteiger charge is 2.39. The molecule has 1 aromatic heterocycles. The van der Waals surface area contributed by atoms with Crippen molar-refractivity contribution in [3.8, 4) is 5.75 Å². The lowest BCUT2D eigenvalue weighted by atomic mass is 9.87. The molecule has 7 heteroatoms. The lowest BCUT2D eigenvalue weighted by Crippen LogP contribution is -2.41. The molecule has 39 heavy (non-hydrogen) atoms. The van der Waals surface area contributed by atoms with Crippen LogP contribution in [0, 0.1) is 19.8 Å². The van der Waals surface area contributed by atoms with Crippen LogP contribution in [0.4, 0.5) is 5.69 Å². The highest BCUT2D eigenvalue weighted by Crippen LogP contribution is 2.41. The van der Waals surface area contributed by atoms with Gasteiger partial charge in [-0.1, -0.05) is 53.6 Å². The number of aryl methyl sites for hydroxylation is 2. The fourth-order valence-electron chi connectivity index (χ4n) is 5.05. The van der Waals surface area contributed by atoms with E-state index in [0.29, 0.717) is 5.69 Å². The third-order valence-electron chi connectivity index (χ3n) is 7.40. The Morgan fingerprint density at radius 1 is 1.00 bits per heavy atom. The third-order valence-corrected chi connectivity index (χ3v) is 8.23. The average Bonchev–Trinajstić information content (AvgIpc) is 3.69. The number of benzene rings is 3. The Balaban J connectivity index is 1.19. The van der Waals surface area contributed by atoms with E-state index in [2.05, 4.69) is 58.5 Å². The van der Waals surface area contributed by atoms with E-state index in [1.165, 1.54) is 22.5 Å². The van der Waals surface area contributed by atoms with E-state index in [1.807, 2.05) is 37.3 Å². The summed E-state index contributed by atoms with van der Waals surface area (Å²) in [5.74, 6) is 0.918. The zero-order valence-electron chi connectivity index (χ0n) is 22.1. The second-order valence-corrected chi connectivity index (χ2v) is 11.4. The van der Waals surface area contributed by atoms with Crippen molar-refractivity contribution < 1.29 is 14.3 Å². The molecule has 198 valence electrons. The molecule has 0 saturated heterocycles. The largest absolute Gasteiger partial charge is 0.486 e. The molecular weight excluding hydrogens is 506 g/mol. The summed E-state index contributed by atoms with van der Waals surface area (Å²) in [5, 5.41) is 5.37. The van der Waals surface area contributed by atoms with Gasteiger partial charge >= 0.3 is 0 Å². The highest BCUT2D eigenvalue weighted by molar-refractivity contribution is 7.09. The van der Waals surface area contributed by atoms with Gasteiger partial charge in [0.2, 0.25) is 5.91 Å². The van der Waals surface area contributed by atoms with E-state index in [4.69, 9.17) is 4.74 Å². The van der Waals surface area contributed by atoms with Gasteiger partial charge in [0.1, 0.15) is 23.1 Å². The number of rotatable bonds is 7. The van der Waals surface area contributed by atoms with Crippen molar-refractivity contribution in [1.82, 2.24) is 9.88 Å². The van der Waals surface area contributed by atoms with Gasteiger partial charge in [0.25, 0.3) is 5.91 Å². The minimum Gasteiger partial charge on any atom is -0.486 e. The van der Waals surface area contributed by atoms with Crippen molar-refractivity contribution in [2.45, 2.75) is 45.8 Å². The smallest absolute Gasteiger partial charge is 0.275 e. The lowest BCUT2D eigenvalue weighted by molar-refractivity contribution is -0.134. The van der Waals surface area contributed by atoms with Gasteiger partial charge in [0.05, 0.1) is 6.04 Å². The van der Waals surface area contributed by atoms with E-state index in [9.17, 15) is 9.59 Å². The molecule has 1 aliphatic carbocycles. The van der Waals surface area contributed by atoms with Gasteiger partial charge in [-0.05, 0) is 74.1 Å². The number of carbonyl (C=O) groups excluding carboxylic acids is 2. The monoisotopic (exact) mass is 537 g/mol. The molecule has 1 N–H and O–H groups in total. The quantitative estimate of drug-likeness (QED) is 0.293. The maximum absolute atomic E-state index is 13.3. The molecule has 4 aromatic rings. The predicted octanol–water partition coefficient (Wildman–Crippen LogP) is 6.48. The Bertz CT molecular complexity index is 1510. The molecule has 2 amide bonds. The Labute approximate surface area is 232 Å². The van der Waals surface area contributed by atoms with Crippen molar-refractivity contribution in [1.29, 1.82) is 0 Å². The first-order valence-electron chi connectivity index (χ1n) is 13.4. The number of nitrogens with zero attached hydrogens (tertiary/aromatic N) is 2. The zero-order valence-corrected chi connectivity index (χ0v) is 23.0. The number of hydrogen-bond acceptors (Lipinski definition) is 5. The van der Waals surface area contributed by atoms with Crippen LogP contribution in [0.25, 0.3) is 0 Å². The van der Waals surface area contributed by atoms with Crippen LogP contribution in [0.5, 0.6) is 5.75 Å². The van der Waals surface area contributed by atoms with Crippen LogP contribution in [-0.4, -0.2) is 28.2 Å². The molecular formula is C32H31N3O3S. The van der Waals surface area contributed by atoms with Crippen molar-refractivity contribution in [2.24, 2.45) is 5.92 Å². The van der Waals surface area contributed by atoms with E-state index >= 15 is 0 Å². The van der Waals surface area contributed by atoms with Gasteiger partial charge in [-0.15, -0.1) is 11.3 Å². The van der Waals surface area contributed by atoms with E-state index in [-0.39, 0.29) is 30.4 Å². The van der Waals surface area contributed by atoms with Crippen LogP contribution in [0.1, 0.15) is 62.2 Å². The van der Waals surface area contributed by atoms with Gasteiger partial charge in [0.15, 0.2) is 0 Å². The molecule has 1 saturated carbocycles. The Morgan fingerprint density at radius 2 is 1.72 bits per heavy atom. The van der Waals surface area contributed by atoms with Gasteiger partial charge in [-0.2, -0.15) is 0 Å². The number of ether oxygens (including phenoxy) is 1. The van der Waals surface area contributed by atoms with Gasteiger partial charge in [-0.3, -0.25) is 9.59 Å². The maximum atomic E-state index is 13.3. The minimum atomic E-state index is -0.239. The summed E-state index contributed by atoms with van der Waals surface area (Å²) in [4.78, 5) is 32.4. The molecule has 6 nitrogen and oxygen atoms in total. The standard InChI is InChI=1S/C32H31N3O3S/c1-20-3-7-23(8-4-20)30-27-17-26(14-11-22(27)15-16-35(30)32(37)24-9-10-24)38-18-29-34-28(19-39-29)31(36)33-25-12-5-21(2)6-13-25/h3-8,11-14,17,19,24,30H,9-10,15-16,18H2,1-2H3,(H,33,36). The summed E-state index contributed by atoms with van der Waals surface area (Å²) in [7, 11) is 0. The Morgan fingerprint density at radius 3 is 2.44 bits per heavy atom. The minimum absolute atomic E-state index is 0.122. The van der Waals surface area contributed by atoms with Crippen LogP contribution in [0.15, 0.2) is 72.1 Å². The maximum Gasteiger partial charge on any atom is 0.275 e. The van der Waals surface area contributed by atoms with Gasteiger partial charge in [-0.25, -0.2) is 4.98 Å². The number of aromatic nitrogens is 1. The molecule has 1 atom stereocenters. The first-order valence-corrected chi connectivity index (χ1v) is 14.3. The molecule has 0 radical (unpaired) electrons. The first-order chi connectivity index (χ1) is 18.9. The zero-order chi connectivity index (χ0) is 26.9. The SMILES string of the molecule is Cc1ccc(NC(=O)c2csc(COc3ccc4c(c3)C(c3ccc(C)cc3)N(C(=O)C3CC3)CC4)n2)cc1. The topological polar surface area (TPSA) is 71.5 Å². The summed E-state index contributed by atoms with van der Waals surface area (Å²) in [6, 6.07) is 22.2. The van der Waals surface area contributed by atoms with Crippen molar-refractivity contribution >= 4 is 28.8 Å². The predicted molar refractivity (Wildman–Crippen MR) is 153 cm³/mol. The number of carbonyl (C=O) groups is 2. The molecule has 2 heterocycles. The average molecular weight is 538 g/mol. The Kier molecular flexibility index (Phi) is 6.92. The fraction of sp³-hybridized carbons (Fsp3) is 0.281. The van der Waals surface area contributed by atoms with Crippen LogP contribution < -0.4 is 10.1 Å². The van der Waals surface area contributed by atoms with Crippen LogP contribution in [0.3, 0.4) is 0 Å². The molecule has 1 unspecified atom stereocenters. The van der Waals surface area contributed by atoms with Gasteiger partial charge in [0, 0.05) is 23.5 Å². The number of amides is 2. The molecule has 2 aliphatic rings. The second kappa shape index (κ2) is 10.7. The van der Waals surface area contributed by atoms with Crippen molar-refractivity contribution in [2.75, 3.05) is 11.9 Å². The number of hydrogen-bond donors (Lipinski definition) is 1. The number of nitrogens with one attached hydrogen (secondary N) is 1.